The second-order valence-corrected chi connectivity index (χ2v) is 6.75. The van der Waals surface area contributed by atoms with Crippen LogP contribution in [0.1, 0.15) is 61.6 Å². The van der Waals surface area contributed by atoms with Crippen LogP contribution in [0.5, 0.6) is 0 Å². The third-order valence-corrected chi connectivity index (χ3v) is 5.34. The quantitative estimate of drug-likeness (QED) is 0.813. The smallest absolute Gasteiger partial charge is 0.00173 e. The molecule has 0 radical (unpaired) electrons. The molecule has 0 spiro atoms. The van der Waals surface area contributed by atoms with Gasteiger partial charge in [0, 0.05) is 0 Å². The molecular weight excluding hydrogens is 230 g/mol. The van der Waals surface area contributed by atoms with Crippen LogP contribution in [0, 0.1) is 5.41 Å². The van der Waals surface area contributed by atoms with E-state index in [-0.39, 0.29) is 0 Å². The lowest BCUT2D eigenvalue weighted by atomic mass is 9.75. The molecule has 2 N–H and O–H groups in total. The van der Waals surface area contributed by atoms with Crippen molar-refractivity contribution in [2.45, 2.75) is 64.2 Å². The van der Waals surface area contributed by atoms with Crippen LogP contribution >= 0.6 is 0 Å². The second kappa shape index (κ2) is 5.66. The zero-order valence-corrected chi connectivity index (χ0v) is 12.1. The molecule has 0 aromatic heterocycles. The summed E-state index contributed by atoms with van der Waals surface area (Å²) >= 11 is 0. The van der Waals surface area contributed by atoms with Crippen molar-refractivity contribution in [3.8, 4) is 0 Å². The predicted molar refractivity (Wildman–Crippen MR) is 81.4 cm³/mol. The standard InChI is InChI=1S/C18H27N/c19-14-18(10-3-1-2-4-11-18)13-15-8-9-16-6-5-7-17(16)12-15/h8-9,12H,1-7,10-11,13-14,19H2. The van der Waals surface area contributed by atoms with Gasteiger partial charge in [0.2, 0.25) is 0 Å². The van der Waals surface area contributed by atoms with Crippen molar-refractivity contribution in [3.05, 3.63) is 34.9 Å². The molecule has 2 aliphatic carbocycles. The Morgan fingerprint density at radius 3 is 2.37 bits per heavy atom. The highest BCUT2D eigenvalue weighted by Crippen LogP contribution is 2.38. The summed E-state index contributed by atoms with van der Waals surface area (Å²) in [7, 11) is 0. The fourth-order valence-corrected chi connectivity index (χ4v) is 4.10. The van der Waals surface area contributed by atoms with E-state index in [0.29, 0.717) is 5.41 Å². The van der Waals surface area contributed by atoms with Crippen molar-refractivity contribution in [3.63, 3.8) is 0 Å². The highest BCUT2D eigenvalue weighted by Gasteiger charge is 2.29. The van der Waals surface area contributed by atoms with Crippen molar-refractivity contribution in [1.82, 2.24) is 0 Å². The lowest BCUT2D eigenvalue weighted by Gasteiger charge is -2.31. The van der Waals surface area contributed by atoms with E-state index in [1.54, 1.807) is 11.1 Å². The Balaban J connectivity index is 1.78. The van der Waals surface area contributed by atoms with Crippen LogP contribution in [0.15, 0.2) is 18.2 Å². The maximum Gasteiger partial charge on any atom is -0.00173 e. The zero-order valence-electron chi connectivity index (χ0n) is 12.1. The highest BCUT2D eigenvalue weighted by molar-refractivity contribution is 5.35. The van der Waals surface area contributed by atoms with Crippen LogP contribution in [-0.4, -0.2) is 6.54 Å². The van der Waals surface area contributed by atoms with Crippen molar-refractivity contribution in [1.29, 1.82) is 0 Å². The molecule has 3 rings (SSSR count). The molecule has 104 valence electrons. The van der Waals surface area contributed by atoms with Gasteiger partial charge in [0.05, 0.1) is 0 Å². The molecule has 0 unspecified atom stereocenters. The number of benzene rings is 1. The molecule has 1 nitrogen and oxygen atoms in total. The van der Waals surface area contributed by atoms with Gasteiger partial charge in [-0.2, -0.15) is 0 Å². The lowest BCUT2D eigenvalue weighted by Crippen LogP contribution is -2.32. The van der Waals surface area contributed by atoms with E-state index in [9.17, 15) is 0 Å². The molecule has 0 heterocycles. The van der Waals surface area contributed by atoms with E-state index in [4.69, 9.17) is 5.73 Å². The maximum absolute atomic E-state index is 6.17. The molecule has 0 aliphatic heterocycles. The van der Waals surface area contributed by atoms with Crippen LogP contribution < -0.4 is 5.73 Å². The molecule has 1 aromatic carbocycles. The summed E-state index contributed by atoms with van der Waals surface area (Å²) in [5.74, 6) is 0. The molecule has 19 heavy (non-hydrogen) atoms. The molecule has 1 fully saturated rings. The summed E-state index contributed by atoms with van der Waals surface area (Å²) in [6.45, 7) is 0.865. The zero-order chi connectivity index (χ0) is 13.1. The van der Waals surface area contributed by atoms with E-state index in [2.05, 4.69) is 18.2 Å². The van der Waals surface area contributed by atoms with Crippen molar-refractivity contribution in [2.75, 3.05) is 6.54 Å². The molecule has 0 saturated heterocycles. The molecular formula is C18H27N. The predicted octanol–water partition coefficient (Wildman–Crippen LogP) is 4.02. The van der Waals surface area contributed by atoms with Gasteiger partial charge in [-0.25, -0.2) is 0 Å². The largest absolute Gasteiger partial charge is 0.330 e. The minimum Gasteiger partial charge on any atom is -0.330 e. The van der Waals surface area contributed by atoms with Crippen molar-refractivity contribution in [2.24, 2.45) is 11.1 Å². The molecule has 1 saturated carbocycles. The maximum atomic E-state index is 6.17. The summed E-state index contributed by atoms with van der Waals surface area (Å²) < 4.78 is 0. The van der Waals surface area contributed by atoms with E-state index in [1.165, 1.54) is 69.8 Å². The van der Waals surface area contributed by atoms with E-state index in [0.717, 1.165) is 6.54 Å². The Morgan fingerprint density at radius 2 is 1.63 bits per heavy atom. The number of rotatable bonds is 3. The molecule has 1 heteroatoms. The van der Waals surface area contributed by atoms with Crippen LogP contribution in [0.4, 0.5) is 0 Å². The third-order valence-electron chi connectivity index (χ3n) is 5.34. The molecule has 0 amide bonds. The van der Waals surface area contributed by atoms with Gasteiger partial charge in [0.25, 0.3) is 0 Å². The van der Waals surface area contributed by atoms with Crippen molar-refractivity contribution < 1.29 is 0 Å². The molecule has 0 atom stereocenters. The fourth-order valence-electron chi connectivity index (χ4n) is 4.10. The van der Waals surface area contributed by atoms with Crippen LogP contribution in [-0.2, 0) is 19.3 Å². The Labute approximate surface area is 117 Å². The van der Waals surface area contributed by atoms with Crippen molar-refractivity contribution >= 4 is 0 Å². The normalized spacial score (nSPS) is 21.9. The molecule has 2 aliphatic rings. The second-order valence-electron chi connectivity index (χ2n) is 6.75. The van der Waals surface area contributed by atoms with Crippen LogP contribution in [0.25, 0.3) is 0 Å². The number of aryl methyl sites for hydroxylation is 2. The summed E-state index contributed by atoms with van der Waals surface area (Å²) in [6, 6.07) is 7.22. The van der Waals surface area contributed by atoms with Gasteiger partial charge < -0.3 is 5.73 Å². The summed E-state index contributed by atoms with van der Waals surface area (Å²) in [5, 5.41) is 0. The first-order chi connectivity index (χ1) is 9.31. The van der Waals surface area contributed by atoms with E-state index < -0.39 is 0 Å². The summed E-state index contributed by atoms with van der Waals surface area (Å²) in [4.78, 5) is 0. The summed E-state index contributed by atoms with van der Waals surface area (Å²) in [6.07, 6.45) is 13.4. The number of fused-ring (bicyclic) bond motifs is 1. The number of nitrogens with two attached hydrogens (primary N) is 1. The van der Waals surface area contributed by atoms with Gasteiger partial charge in [-0.05, 0) is 67.2 Å². The average molecular weight is 257 g/mol. The van der Waals surface area contributed by atoms with Gasteiger partial charge in [0.1, 0.15) is 0 Å². The monoisotopic (exact) mass is 257 g/mol. The van der Waals surface area contributed by atoms with Crippen LogP contribution in [0.3, 0.4) is 0 Å². The Bertz CT molecular complexity index is 427. The lowest BCUT2D eigenvalue weighted by molar-refractivity contribution is 0.252. The van der Waals surface area contributed by atoms with Gasteiger partial charge in [0.15, 0.2) is 0 Å². The molecule has 0 bridgehead atoms. The van der Waals surface area contributed by atoms with Gasteiger partial charge >= 0.3 is 0 Å². The first-order valence-corrected chi connectivity index (χ1v) is 8.12. The average Bonchev–Trinajstić information content (AvgIpc) is 2.77. The van der Waals surface area contributed by atoms with Gasteiger partial charge in [-0.15, -0.1) is 0 Å². The first kappa shape index (κ1) is 13.2. The van der Waals surface area contributed by atoms with Crippen LogP contribution in [0.2, 0.25) is 0 Å². The van der Waals surface area contributed by atoms with E-state index in [1.807, 2.05) is 0 Å². The summed E-state index contributed by atoms with van der Waals surface area (Å²) in [5.41, 5.74) is 11.3. The number of hydrogen-bond acceptors (Lipinski definition) is 1. The third kappa shape index (κ3) is 2.86. The topological polar surface area (TPSA) is 26.0 Å². The Kier molecular flexibility index (Phi) is 3.93. The fraction of sp³-hybridized carbons (Fsp3) is 0.667. The van der Waals surface area contributed by atoms with Gasteiger partial charge in [-0.1, -0.05) is 43.9 Å². The van der Waals surface area contributed by atoms with E-state index >= 15 is 0 Å². The highest BCUT2D eigenvalue weighted by atomic mass is 14.6. The Morgan fingerprint density at radius 1 is 0.895 bits per heavy atom. The minimum absolute atomic E-state index is 0.392. The number of hydrogen-bond donors (Lipinski definition) is 1. The van der Waals surface area contributed by atoms with Gasteiger partial charge in [-0.3, -0.25) is 0 Å². The minimum atomic E-state index is 0.392. The Hall–Kier alpha value is -0.820. The SMILES string of the molecule is NCC1(Cc2ccc3c(c2)CCC3)CCCCCC1. The first-order valence-electron chi connectivity index (χ1n) is 8.12. The molecule has 1 aromatic rings.